The van der Waals surface area contributed by atoms with Crippen LogP contribution in [0.5, 0.6) is 5.75 Å². The van der Waals surface area contributed by atoms with Gasteiger partial charge < -0.3 is 15.6 Å². The van der Waals surface area contributed by atoms with E-state index in [0.29, 0.717) is 17.0 Å². The van der Waals surface area contributed by atoms with Crippen molar-refractivity contribution in [3.63, 3.8) is 0 Å². The Kier molecular flexibility index (Phi) is 3.30. The van der Waals surface area contributed by atoms with Crippen LogP contribution in [0.2, 0.25) is 0 Å². The lowest BCUT2D eigenvalue weighted by atomic mass is 10.00. The fraction of sp³-hybridized carbons (Fsp3) is 0.143. The molecule has 0 spiro atoms. The van der Waals surface area contributed by atoms with Crippen LogP contribution in [0.15, 0.2) is 48.5 Å². The van der Waals surface area contributed by atoms with Crippen molar-refractivity contribution < 1.29 is 9.84 Å². The second-order valence-corrected chi connectivity index (χ2v) is 3.78. The molecule has 17 heavy (non-hydrogen) atoms. The molecule has 0 aliphatic heterocycles. The van der Waals surface area contributed by atoms with Gasteiger partial charge in [-0.15, -0.1) is 0 Å². The van der Waals surface area contributed by atoms with Crippen molar-refractivity contribution in [1.82, 2.24) is 0 Å². The molecular weight excluding hydrogens is 214 g/mol. The van der Waals surface area contributed by atoms with Crippen molar-refractivity contribution in [1.29, 1.82) is 0 Å². The maximum atomic E-state index is 10.3. The number of ether oxygens (including phenoxy) is 1. The zero-order valence-electron chi connectivity index (χ0n) is 9.63. The SMILES string of the molecule is COc1cccc(C(O)c2ccccc2)c1N. The molecule has 3 nitrogen and oxygen atoms in total. The summed E-state index contributed by atoms with van der Waals surface area (Å²) in [6.45, 7) is 0. The first-order valence-electron chi connectivity index (χ1n) is 5.39. The maximum Gasteiger partial charge on any atom is 0.142 e. The Hall–Kier alpha value is -2.00. The van der Waals surface area contributed by atoms with Gasteiger partial charge >= 0.3 is 0 Å². The van der Waals surface area contributed by atoms with Gasteiger partial charge in [-0.25, -0.2) is 0 Å². The van der Waals surface area contributed by atoms with Crippen molar-refractivity contribution in [2.24, 2.45) is 0 Å². The van der Waals surface area contributed by atoms with E-state index >= 15 is 0 Å². The molecule has 0 radical (unpaired) electrons. The summed E-state index contributed by atoms with van der Waals surface area (Å²) in [5.41, 5.74) is 7.90. The first-order chi connectivity index (χ1) is 8.24. The monoisotopic (exact) mass is 229 g/mol. The lowest BCUT2D eigenvalue weighted by Gasteiger charge is -2.15. The topological polar surface area (TPSA) is 55.5 Å². The van der Waals surface area contributed by atoms with Crippen LogP contribution in [0.25, 0.3) is 0 Å². The van der Waals surface area contributed by atoms with Crippen LogP contribution in [-0.4, -0.2) is 12.2 Å². The third-order valence-corrected chi connectivity index (χ3v) is 2.73. The molecule has 0 aliphatic rings. The van der Waals surface area contributed by atoms with E-state index in [-0.39, 0.29) is 0 Å². The van der Waals surface area contributed by atoms with E-state index in [4.69, 9.17) is 10.5 Å². The van der Waals surface area contributed by atoms with E-state index in [9.17, 15) is 5.11 Å². The van der Waals surface area contributed by atoms with Crippen LogP contribution in [0.1, 0.15) is 17.2 Å². The quantitative estimate of drug-likeness (QED) is 0.794. The molecule has 0 amide bonds. The third-order valence-electron chi connectivity index (χ3n) is 2.73. The number of nitrogens with two attached hydrogens (primary N) is 1. The Morgan fingerprint density at radius 2 is 1.76 bits per heavy atom. The van der Waals surface area contributed by atoms with E-state index < -0.39 is 6.10 Å². The number of anilines is 1. The lowest BCUT2D eigenvalue weighted by molar-refractivity contribution is 0.220. The molecule has 88 valence electrons. The van der Waals surface area contributed by atoms with Gasteiger partial charge in [-0.2, -0.15) is 0 Å². The third kappa shape index (κ3) is 2.24. The Balaban J connectivity index is 2.41. The minimum absolute atomic E-state index is 0.478. The fourth-order valence-electron chi connectivity index (χ4n) is 1.79. The highest BCUT2D eigenvalue weighted by molar-refractivity contribution is 5.60. The number of hydrogen-bond acceptors (Lipinski definition) is 3. The minimum atomic E-state index is -0.730. The van der Waals surface area contributed by atoms with E-state index in [2.05, 4.69) is 0 Å². The Labute approximate surface area is 100 Å². The average Bonchev–Trinajstić information content (AvgIpc) is 2.39. The number of rotatable bonds is 3. The molecule has 0 saturated heterocycles. The summed E-state index contributed by atoms with van der Waals surface area (Å²) in [5, 5.41) is 10.3. The standard InChI is InChI=1S/C14H15NO2/c1-17-12-9-5-8-11(13(12)15)14(16)10-6-3-2-4-7-10/h2-9,14,16H,15H2,1H3. The Bertz CT molecular complexity index is 497. The molecule has 0 aliphatic carbocycles. The molecule has 3 N–H and O–H groups in total. The summed E-state index contributed by atoms with van der Waals surface area (Å²) in [6.07, 6.45) is -0.730. The number of aliphatic hydroxyl groups is 1. The predicted octanol–water partition coefficient (Wildman–Crippen LogP) is 2.36. The normalized spacial score (nSPS) is 12.1. The second-order valence-electron chi connectivity index (χ2n) is 3.78. The molecule has 0 heterocycles. The number of aliphatic hydroxyl groups excluding tert-OH is 1. The molecule has 3 heteroatoms. The summed E-state index contributed by atoms with van der Waals surface area (Å²) in [5.74, 6) is 0.581. The number of hydrogen-bond donors (Lipinski definition) is 2. The van der Waals surface area contributed by atoms with Crippen molar-refractivity contribution in [2.75, 3.05) is 12.8 Å². The first-order valence-corrected chi connectivity index (χ1v) is 5.39. The van der Waals surface area contributed by atoms with Crippen LogP contribution in [0.4, 0.5) is 5.69 Å². The first kappa shape index (κ1) is 11.5. The zero-order valence-corrected chi connectivity index (χ0v) is 9.63. The summed E-state index contributed by atoms with van der Waals surface area (Å²) in [4.78, 5) is 0. The number of nitrogen functional groups attached to an aromatic ring is 1. The van der Waals surface area contributed by atoms with Gasteiger partial charge in [0.25, 0.3) is 0 Å². The molecule has 2 aromatic carbocycles. The minimum Gasteiger partial charge on any atom is -0.495 e. The van der Waals surface area contributed by atoms with Crippen LogP contribution in [-0.2, 0) is 0 Å². The highest BCUT2D eigenvalue weighted by atomic mass is 16.5. The maximum absolute atomic E-state index is 10.3. The molecule has 0 saturated carbocycles. The van der Waals surface area contributed by atoms with Gasteiger partial charge in [-0.1, -0.05) is 42.5 Å². The van der Waals surface area contributed by atoms with Crippen LogP contribution >= 0.6 is 0 Å². The number of para-hydroxylation sites is 1. The molecule has 0 bridgehead atoms. The summed E-state index contributed by atoms with van der Waals surface area (Å²) in [6, 6.07) is 14.8. The molecule has 2 aromatic rings. The zero-order chi connectivity index (χ0) is 12.3. The van der Waals surface area contributed by atoms with Gasteiger partial charge in [0.05, 0.1) is 12.8 Å². The summed E-state index contributed by atoms with van der Waals surface area (Å²) >= 11 is 0. The average molecular weight is 229 g/mol. The Morgan fingerprint density at radius 1 is 1.06 bits per heavy atom. The van der Waals surface area contributed by atoms with E-state index in [0.717, 1.165) is 5.56 Å². The van der Waals surface area contributed by atoms with E-state index in [1.54, 1.807) is 19.2 Å². The van der Waals surface area contributed by atoms with Crippen LogP contribution < -0.4 is 10.5 Å². The predicted molar refractivity (Wildman–Crippen MR) is 67.9 cm³/mol. The van der Waals surface area contributed by atoms with Gasteiger partial charge in [0.1, 0.15) is 11.9 Å². The van der Waals surface area contributed by atoms with Crippen LogP contribution in [0, 0.1) is 0 Å². The highest BCUT2D eigenvalue weighted by Gasteiger charge is 2.15. The van der Waals surface area contributed by atoms with Gasteiger partial charge in [0, 0.05) is 5.56 Å². The van der Waals surface area contributed by atoms with E-state index in [1.807, 2.05) is 36.4 Å². The number of benzene rings is 2. The van der Waals surface area contributed by atoms with Gasteiger partial charge in [0.2, 0.25) is 0 Å². The summed E-state index contributed by atoms with van der Waals surface area (Å²) in [7, 11) is 1.56. The molecule has 2 rings (SSSR count). The van der Waals surface area contributed by atoms with Crippen molar-refractivity contribution in [3.8, 4) is 5.75 Å². The van der Waals surface area contributed by atoms with Crippen LogP contribution in [0.3, 0.4) is 0 Å². The molecule has 0 aromatic heterocycles. The fourth-order valence-corrected chi connectivity index (χ4v) is 1.79. The molecular formula is C14H15NO2. The smallest absolute Gasteiger partial charge is 0.142 e. The summed E-state index contributed by atoms with van der Waals surface area (Å²) < 4.78 is 5.14. The molecule has 0 fully saturated rings. The molecule has 1 atom stereocenters. The van der Waals surface area contributed by atoms with E-state index in [1.165, 1.54) is 0 Å². The largest absolute Gasteiger partial charge is 0.495 e. The molecule has 1 unspecified atom stereocenters. The Morgan fingerprint density at radius 3 is 2.41 bits per heavy atom. The van der Waals surface area contributed by atoms with Crippen molar-refractivity contribution in [3.05, 3.63) is 59.7 Å². The van der Waals surface area contributed by atoms with Gasteiger partial charge in [-0.3, -0.25) is 0 Å². The second kappa shape index (κ2) is 4.89. The van der Waals surface area contributed by atoms with Gasteiger partial charge in [-0.05, 0) is 11.6 Å². The van der Waals surface area contributed by atoms with Crippen molar-refractivity contribution >= 4 is 5.69 Å². The highest BCUT2D eigenvalue weighted by Crippen LogP contribution is 2.32. The lowest BCUT2D eigenvalue weighted by Crippen LogP contribution is -2.05. The number of methoxy groups -OCH3 is 1. The van der Waals surface area contributed by atoms with Crippen molar-refractivity contribution in [2.45, 2.75) is 6.10 Å². The van der Waals surface area contributed by atoms with Gasteiger partial charge in [0.15, 0.2) is 0 Å².